The molecule has 0 saturated heterocycles. The maximum absolute atomic E-state index is 12.2. The van der Waals surface area contributed by atoms with Crippen LogP contribution in [0.3, 0.4) is 0 Å². The van der Waals surface area contributed by atoms with Gasteiger partial charge in [-0.2, -0.15) is 0 Å². The highest BCUT2D eigenvalue weighted by Gasteiger charge is 2.22. The van der Waals surface area contributed by atoms with E-state index in [2.05, 4.69) is 10.3 Å². The van der Waals surface area contributed by atoms with Crippen LogP contribution >= 0.6 is 11.3 Å². The van der Waals surface area contributed by atoms with Crippen molar-refractivity contribution in [1.29, 1.82) is 0 Å². The summed E-state index contributed by atoms with van der Waals surface area (Å²) in [4.78, 5) is 29.0. The van der Waals surface area contributed by atoms with Crippen LogP contribution in [-0.4, -0.2) is 30.1 Å². The number of hydrogen-bond acceptors (Lipinski definition) is 7. The molecule has 0 atom stereocenters. The number of hydrogen-bond donors (Lipinski definition) is 1. The fourth-order valence-corrected chi connectivity index (χ4v) is 3.62. The van der Waals surface area contributed by atoms with Crippen molar-refractivity contribution in [3.05, 3.63) is 53.0 Å². The van der Waals surface area contributed by atoms with Crippen molar-refractivity contribution in [2.45, 2.75) is 20.3 Å². The highest BCUT2D eigenvalue weighted by Crippen LogP contribution is 2.31. The van der Waals surface area contributed by atoms with E-state index in [1.807, 2.05) is 42.5 Å². The van der Waals surface area contributed by atoms with Gasteiger partial charge >= 0.3 is 11.9 Å². The first-order valence-electron chi connectivity index (χ1n) is 8.69. The van der Waals surface area contributed by atoms with E-state index < -0.39 is 11.9 Å². The molecule has 0 saturated carbocycles. The van der Waals surface area contributed by atoms with Gasteiger partial charge in [0, 0.05) is 11.1 Å². The molecule has 3 rings (SSSR count). The second kappa shape index (κ2) is 8.64. The molecule has 140 valence electrons. The van der Waals surface area contributed by atoms with Gasteiger partial charge in [0.15, 0.2) is 10.8 Å². The maximum atomic E-state index is 12.2. The zero-order valence-electron chi connectivity index (χ0n) is 15.2. The molecule has 0 spiro atoms. The summed E-state index contributed by atoms with van der Waals surface area (Å²) in [7, 11) is 0. The van der Waals surface area contributed by atoms with Crippen LogP contribution in [0, 0.1) is 0 Å². The smallest absolute Gasteiger partial charge is 0.358 e. The van der Waals surface area contributed by atoms with Crippen LogP contribution < -0.4 is 5.32 Å². The maximum Gasteiger partial charge on any atom is 0.358 e. The van der Waals surface area contributed by atoms with Gasteiger partial charge in [-0.1, -0.05) is 36.4 Å². The fourth-order valence-electron chi connectivity index (χ4n) is 2.68. The number of esters is 2. The Bertz CT molecular complexity index is 962. The van der Waals surface area contributed by atoms with Crippen LogP contribution in [0.15, 0.2) is 42.5 Å². The molecular weight excluding hydrogens is 364 g/mol. The Labute approximate surface area is 161 Å². The summed E-state index contributed by atoms with van der Waals surface area (Å²) in [5.41, 5.74) is 1.03. The molecule has 0 bridgehead atoms. The van der Waals surface area contributed by atoms with E-state index in [0.29, 0.717) is 10.0 Å². The monoisotopic (exact) mass is 384 g/mol. The predicted molar refractivity (Wildman–Crippen MR) is 106 cm³/mol. The van der Waals surface area contributed by atoms with Crippen molar-refractivity contribution < 1.29 is 19.1 Å². The van der Waals surface area contributed by atoms with Crippen molar-refractivity contribution in [3.63, 3.8) is 0 Å². The molecule has 0 aliphatic carbocycles. The Kier molecular flexibility index (Phi) is 6.03. The van der Waals surface area contributed by atoms with E-state index in [1.165, 1.54) is 11.3 Å². The highest BCUT2D eigenvalue weighted by atomic mass is 32.1. The van der Waals surface area contributed by atoms with Crippen LogP contribution in [-0.2, 0) is 20.7 Å². The lowest BCUT2D eigenvalue weighted by Crippen LogP contribution is -2.12. The number of nitrogens with zero attached hydrogens (tertiary/aromatic N) is 1. The lowest BCUT2D eigenvalue weighted by Gasteiger charge is -2.06. The first-order valence-corrected chi connectivity index (χ1v) is 9.51. The first kappa shape index (κ1) is 18.8. The number of carbonyl (C=O) groups excluding carboxylic acids is 2. The Balaban J connectivity index is 1.93. The van der Waals surface area contributed by atoms with Crippen molar-refractivity contribution in [3.8, 4) is 0 Å². The molecule has 0 radical (unpaired) electrons. The molecule has 1 heterocycles. The minimum absolute atomic E-state index is 0.0170. The van der Waals surface area contributed by atoms with E-state index >= 15 is 0 Å². The molecule has 0 aliphatic heterocycles. The third-order valence-corrected chi connectivity index (χ3v) is 4.78. The molecule has 6 nitrogen and oxygen atoms in total. The standard InChI is InChI=1S/C20H20N2O4S/c1-3-25-17(23)12-16-18(19(24)26-4-2)22-20(27-16)21-15-11-7-9-13-8-5-6-10-14(13)15/h5-11H,3-4,12H2,1-2H3,(H,21,22). The Hall–Kier alpha value is -2.93. The van der Waals surface area contributed by atoms with Crippen molar-refractivity contribution >= 4 is 44.9 Å². The molecule has 0 amide bonds. The number of rotatable bonds is 7. The molecule has 0 unspecified atom stereocenters. The summed E-state index contributed by atoms with van der Waals surface area (Å²) in [6.45, 7) is 3.99. The minimum Gasteiger partial charge on any atom is -0.466 e. The lowest BCUT2D eigenvalue weighted by atomic mass is 10.1. The lowest BCUT2D eigenvalue weighted by molar-refractivity contribution is -0.142. The van der Waals surface area contributed by atoms with Gasteiger partial charge in [-0.15, -0.1) is 11.3 Å². The molecular formula is C20H20N2O4S. The summed E-state index contributed by atoms with van der Waals surface area (Å²) in [5, 5.41) is 5.91. The average molecular weight is 384 g/mol. The van der Waals surface area contributed by atoms with E-state index in [1.54, 1.807) is 13.8 Å². The number of thiazole rings is 1. The number of benzene rings is 2. The van der Waals surface area contributed by atoms with Gasteiger partial charge in [-0.05, 0) is 25.3 Å². The van der Waals surface area contributed by atoms with Gasteiger partial charge in [0.2, 0.25) is 0 Å². The molecule has 1 N–H and O–H groups in total. The number of aromatic nitrogens is 1. The summed E-state index contributed by atoms with van der Waals surface area (Å²) in [5.74, 6) is -0.942. The number of fused-ring (bicyclic) bond motifs is 1. The molecule has 0 aliphatic rings. The second-order valence-electron chi connectivity index (χ2n) is 5.64. The molecule has 1 aromatic heterocycles. The Morgan fingerprint density at radius 2 is 1.78 bits per heavy atom. The molecule has 0 fully saturated rings. The van der Waals surface area contributed by atoms with Gasteiger partial charge in [0.1, 0.15) is 0 Å². The van der Waals surface area contributed by atoms with E-state index in [-0.39, 0.29) is 25.3 Å². The van der Waals surface area contributed by atoms with E-state index in [9.17, 15) is 9.59 Å². The number of ether oxygens (including phenoxy) is 2. The Morgan fingerprint density at radius 1 is 1.04 bits per heavy atom. The quantitative estimate of drug-likeness (QED) is 0.611. The third-order valence-electron chi connectivity index (χ3n) is 3.81. The SMILES string of the molecule is CCOC(=O)Cc1sc(Nc2cccc3ccccc23)nc1C(=O)OCC. The van der Waals surface area contributed by atoms with Crippen molar-refractivity contribution in [2.24, 2.45) is 0 Å². The van der Waals surface area contributed by atoms with Gasteiger partial charge in [-0.3, -0.25) is 4.79 Å². The van der Waals surface area contributed by atoms with Gasteiger partial charge < -0.3 is 14.8 Å². The van der Waals surface area contributed by atoms with Crippen molar-refractivity contribution in [2.75, 3.05) is 18.5 Å². The van der Waals surface area contributed by atoms with Crippen LogP contribution in [0.2, 0.25) is 0 Å². The minimum atomic E-state index is -0.543. The van der Waals surface area contributed by atoms with Crippen LogP contribution in [0.4, 0.5) is 10.8 Å². The van der Waals surface area contributed by atoms with E-state index in [4.69, 9.17) is 9.47 Å². The summed E-state index contributed by atoms with van der Waals surface area (Å²) >= 11 is 1.25. The average Bonchev–Trinajstić information content (AvgIpc) is 3.05. The zero-order valence-corrected chi connectivity index (χ0v) is 16.0. The molecule has 2 aromatic carbocycles. The number of nitrogens with one attached hydrogen (secondary N) is 1. The van der Waals surface area contributed by atoms with Crippen LogP contribution in [0.5, 0.6) is 0 Å². The fraction of sp³-hybridized carbons (Fsp3) is 0.250. The molecule has 3 aromatic rings. The normalized spacial score (nSPS) is 10.6. The van der Waals surface area contributed by atoms with Crippen LogP contribution in [0.25, 0.3) is 10.8 Å². The predicted octanol–water partition coefficient (Wildman–Crippen LogP) is 4.32. The van der Waals surface area contributed by atoms with Gasteiger partial charge in [-0.25, -0.2) is 9.78 Å². The number of carbonyl (C=O) groups is 2. The first-order chi connectivity index (χ1) is 13.1. The van der Waals surface area contributed by atoms with E-state index in [0.717, 1.165) is 16.5 Å². The number of anilines is 2. The van der Waals surface area contributed by atoms with Crippen LogP contribution in [0.1, 0.15) is 29.2 Å². The topological polar surface area (TPSA) is 77.5 Å². The third kappa shape index (κ3) is 4.43. The second-order valence-corrected chi connectivity index (χ2v) is 6.73. The van der Waals surface area contributed by atoms with Gasteiger partial charge in [0.05, 0.1) is 24.5 Å². The summed E-state index contributed by atoms with van der Waals surface area (Å²) < 4.78 is 10.1. The Morgan fingerprint density at radius 3 is 2.56 bits per heavy atom. The largest absolute Gasteiger partial charge is 0.466 e. The summed E-state index contributed by atoms with van der Waals surface area (Å²) in [6, 6.07) is 13.9. The molecule has 7 heteroatoms. The van der Waals surface area contributed by atoms with Gasteiger partial charge in [0.25, 0.3) is 0 Å². The highest BCUT2D eigenvalue weighted by molar-refractivity contribution is 7.16. The van der Waals surface area contributed by atoms with Crippen molar-refractivity contribution in [1.82, 2.24) is 4.98 Å². The summed E-state index contributed by atoms with van der Waals surface area (Å²) in [6.07, 6.45) is -0.0170. The molecule has 27 heavy (non-hydrogen) atoms. The zero-order chi connectivity index (χ0) is 19.2.